The Hall–Kier alpha value is -1.47. The molecule has 2 atom stereocenters. The summed E-state index contributed by atoms with van der Waals surface area (Å²) < 4.78 is 24.9. The van der Waals surface area contributed by atoms with Gasteiger partial charge in [0.25, 0.3) is 6.43 Å². The predicted octanol–water partition coefficient (Wildman–Crippen LogP) is 3.21. The number of hydrogen-bond donors (Lipinski definition) is 1. The van der Waals surface area contributed by atoms with Gasteiger partial charge >= 0.3 is 0 Å². The molecule has 0 saturated heterocycles. The van der Waals surface area contributed by atoms with E-state index in [0.717, 1.165) is 0 Å². The van der Waals surface area contributed by atoms with Crippen LogP contribution in [0.3, 0.4) is 0 Å². The van der Waals surface area contributed by atoms with E-state index >= 15 is 0 Å². The molecule has 0 spiro atoms. The molecule has 0 bridgehead atoms. The van der Waals surface area contributed by atoms with Gasteiger partial charge in [0.1, 0.15) is 0 Å². The van der Waals surface area contributed by atoms with Crippen LogP contribution in [0.4, 0.5) is 8.78 Å². The van der Waals surface area contributed by atoms with E-state index in [1.807, 2.05) is 6.07 Å². The summed E-state index contributed by atoms with van der Waals surface area (Å²) in [7, 11) is 0. The first kappa shape index (κ1) is 12.6. The van der Waals surface area contributed by atoms with Crippen LogP contribution in [-0.2, 0) is 0 Å². The van der Waals surface area contributed by atoms with Gasteiger partial charge in [-0.15, -0.1) is 0 Å². The van der Waals surface area contributed by atoms with Gasteiger partial charge in [-0.2, -0.15) is 5.26 Å². The van der Waals surface area contributed by atoms with Gasteiger partial charge in [0, 0.05) is 5.56 Å². The van der Waals surface area contributed by atoms with Crippen molar-refractivity contribution >= 4 is 0 Å². The molecule has 4 heteroatoms. The molecule has 2 nitrogen and oxygen atoms in total. The Labute approximate surface area is 93.1 Å². The van der Waals surface area contributed by atoms with Gasteiger partial charge in [0.15, 0.2) is 0 Å². The van der Waals surface area contributed by atoms with Crippen LogP contribution in [0.25, 0.3) is 0 Å². The summed E-state index contributed by atoms with van der Waals surface area (Å²) >= 11 is 0. The fraction of sp³-hybridized carbons (Fsp3) is 0.417. The molecule has 0 fully saturated rings. The first-order valence-electron chi connectivity index (χ1n) is 5.05. The first-order chi connectivity index (χ1) is 7.60. The van der Waals surface area contributed by atoms with Crippen molar-refractivity contribution in [2.45, 2.75) is 25.9 Å². The maximum atomic E-state index is 12.4. The second kappa shape index (κ2) is 5.57. The lowest BCUT2D eigenvalue weighted by molar-refractivity contribution is 0.130. The zero-order valence-corrected chi connectivity index (χ0v) is 8.90. The summed E-state index contributed by atoms with van der Waals surface area (Å²) in [5.41, 5.74) is 0.232. The number of halogens is 2. The van der Waals surface area contributed by atoms with Crippen LogP contribution < -0.4 is 0 Å². The van der Waals surface area contributed by atoms with Crippen LogP contribution in [0, 0.1) is 17.2 Å². The first-order valence-corrected chi connectivity index (χ1v) is 5.05. The zero-order valence-electron chi connectivity index (χ0n) is 8.90. The van der Waals surface area contributed by atoms with E-state index in [1.54, 1.807) is 13.0 Å². The molecular formula is C12H13F2NO. The van der Waals surface area contributed by atoms with Crippen LogP contribution in [0.1, 0.15) is 37.0 Å². The Morgan fingerprint density at radius 3 is 2.50 bits per heavy atom. The molecule has 2 unspecified atom stereocenters. The number of nitriles is 1. The Bertz CT molecular complexity index is 387. The highest BCUT2D eigenvalue weighted by atomic mass is 19.3. The van der Waals surface area contributed by atoms with Gasteiger partial charge in [-0.3, -0.25) is 0 Å². The van der Waals surface area contributed by atoms with Crippen molar-refractivity contribution in [3.8, 4) is 6.07 Å². The zero-order chi connectivity index (χ0) is 12.1. The summed E-state index contributed by atoms with van der Waals surface area (Å²) in [6.45, 7) is 1.77. The van der Waals surface area contributed by atoms with E-state index in [1.165, 1.54) is 18.2 Å². The molecule has 86 valence electrons. The summed E-state index contributed by atoms with van der Waals surface area (Å²) in [5.74, 6) is -0.562. The van der Waals surface area contributed by atoms with Crippen LogP contribution in [0.15, 0.2) is 24.3 Å². The Balaban J connectivity index is 2.96. The van der Waals surface area contributed by atoms with E-state index in [9.17, 15) is 13.9 Å². The maximum absolute atomic E-state index is 12.4. The van der Waals surface area contributed by atoms with Gasteiger partial charge in [0.2, 0.25) is 0 Å². The van der Waals surface area contributed by atoms with Crippen LogP contribution in [-0.4, -0.2) is 5.11 Å². The number of nitrogens with zero attached hydrogens (tertiary/aromatic N) is 1. The molecule has 1 aromatic carbocycles. The summed E-state index contributed by atoms with van der Waals surface area (Å²) in [4.78, 5) is 0. The highest BCUT2D eigenvalue weighted by Gasteiger charge is 2.19. The maximum Gasteiger partial charge on any atom is 0.263 e. The number of benzene rings is 1. The van der Waals surface area contributed by atoms with Gasteiger partial charge in [-0.25, -0.2) is 8.78 Å². The minimum absolute atomic E-state index is 0.135. The standard InChI is InChI=1S/C12H13F2NO/c1-2-8(7-15)11(16)9-4-3-5-10(6-9)12(13)14/h3-6,8,11-12,16H,2H2,1H3. The highest BCUT2D eigenvalue weighted by molar-refractivity contribution is 5.27. The Morgan fingerprint density at radius 2 is 2.00 bits per heavy atom. The predicted molar refractivity (Wildman–Crippen MR) is 55.8 cm³/mol. The molecule has 0 aliphatic heterocycles. The second-order valence-electron chi connectivity index (χ2n) is 3.56. The van der Waals surface area contributed by atoms with Gasteiger partial charge in [-0.05, 0) is 18.1 Å². The Morgan fingerprint density at radius 1 is 1.38 bits per heavy atom. The third kappa shape index (κ3) is 2.77. The average Bonchev–Trinajstić information content (AvgIpc) is 2.30. The van der Waals surface area contributed by atoms with Gasteiger partial charge in [-0.1, -0.05) is 25.1 Å². The lowest BCUT2D eigenvalue weighted by atomic mass is 9.94. The van der Waals surface area contributed by atoms with E-state index in [-0.39, 0.29) is 5.56 Å². The molecule has 1 N–H and O–H groups in total. The lowest BCUT2D eigenvalue weighted by Gasteiger charge is -2.16. The van der Waals surface area contributed by atoms with Crippen molar-refractivity contribution in [2.24, 2.45) is 5.92 Å². The molecule has 0 saturated carbocycles. The fourth-order valence-electron chi connectivity index (χ4n) is 1.50. The van der Waals surface area contributed by atoms with Crippen LogP contribution >= 0.6 is 0 Å². The van der Waals surface area contributed by atoms with E-state index in [2.05, 4.69) is 0 Å². The van der Waals surface area contributed by atoms with Crippen molar-refractivity contribution in [1.29, 1.82) is 5.26 Å². The topological polar surface area (TPSA) is 44.0 Å². The SMILES string of the molecule is CCC(C#N)C(O)c1cccc(C(F)F)c1. The minimum atomic E-state index is -2.56. The number of hydrogen-bond acceptors (Lipinski definition) is 2. The molecule has 0 aromatic heterocycles. The largest absolute Gasteiger partial charge is 0.387 e. The molecule has 0 amide bonds. The summed E-state index contributed by atoms with van der Waals surface area (Å²) in [5, 5.41) is 18.6. The van der Waals surface area contributed by atoms with Crippen LogP contribution in [0.2, 0.25) is 0 Å². The summed E-state index contributed by atoms with van der Waals surface area (Å²) in [6.07, 6.45) is -3.08. The van der Waals surface area contributed by atoms with Crippen LogP contribution in [0.5, 0.6) is 0 Å². The number of aliphatic hydroxyl groups excluding tert-OH is 1. The normalized spacial score (nSPS) is 14.5. The quantitative estimate of drug-likeness (QED) is 0.855. The van der Waals surface area contributed by atoms with Gasteiger partial charge < -0.3 is 5.11 Å². The minimum Gasteiger partial charge on any atom is -0.387 e. The van der Waals surface area contributed by atoms with E-state index in [4.69, 9.17) is 5.26 Å². The monoisotopic (exact) mass is 225 g/mol. The third-order valence-electron chi connectivity index (χ3n) is 2.49. The van der Waals surface area contributed by atoms with Crippen molar-refractivity contribution in [3.63, 3.8) is 0 Å². The molecule has 0 radical (unpaired) electrons. The molecule has 0 heterocycles. The van der Waals surface area contributed by atoms with Crippen molar-refractivity contribution in [3.05, 3.63) is 35.4 Å². The summed E-state index contributed by atoms with van der Waals surface area (Å²) in [6, 6.07) is 7.52. The highest BCUT2D eigenvalue weighted by Crippen LogP contribution is 2.27. The molecular weight excluding hydrogens is 212 g/mol. The number of alkyl halides is 2. The van der Waals surface area contributed by atoms with Crippen molar-refractivity contribution in [2.75, 3.05) is 0 Å². The molecule has 0 aliphatic carbocycles. The lowest BCUT2D eigenvalue weighted by Crippen LogP contribution is -2.10. The smallest absolute Gasteiger partial charge is 0.263 e. The van der Waals surface area contributed by atoms with Crippen molar-refractivity contribution in [1.82, 2.24) is 0 Å². The van der Waals surface area contributed by atoms with Gasteiger partial charge in [0.05, 0.1) is 18.1 Å². The van der Waals surface area contributed by atoms with Crippen molar-refractivity contribution < 1.29 is 13.9 Å². The molecule has 0 aliphatic rings. The number of aliphatic hydroxyl groups is 1. The average molecular weight is 225 g/mol. The Kier molecular flexibility index (Phi) is 4.39. The van der Waals surface area contributed by atoms with E-state index in [0.29, 0.717) is 12.0 Å². The second-order valence-corrected chi connectivity index (χ2v) is 3.56. The fourth-order valence-corrected chi connectivity index (χ4v) is 1.50. The molecule has 16 heavy (non-hydrogen) atoms. The molecule has 1 aromatic rings. The molecule has 1 rings (SSSR count). The number of rotatable bonds is 4. The third-order valence-corrected chi connectivity index (χ3v) is 2.49. The van der Waals surface area contributed by atoms with E-state index < -0.39 is 18.4 Å².